The molecule has 17 nitrogen and oxygen atoms in total. The average molecular weight is 1610 g/mol. The molecule has 19 heteroatoms. The maximum atomic E-state index is 13.2. The Morgan fingerprint density at radius 3 is 0.645 bits per heavy atom. The summed E-state index contributed by atoms with van der Waals surface area (Å²) in [7, 11) is -9.94. The van der Waals surface area contributed by atoms with Gasteiger partial charge in [0.15, 0.2) is 12.2 Å². The predicted molar refractivity (Wildman–Crippen MR) is 455 cm³/mol. The smallest absolute Gasteiger partial charge is 0.462 e. The molecule has 0 aliphatic carbocycles. The van der Waals surface area contributed by atoms with Crippen molar-refractivity contribution in [3.63, 3.8) is 0 Å². The zero-order chi connectivity index (χ0) is 80.8. The molecule has 8 atom stereocenters. The number of carbonyl (C=O) groups excluding carboxylic acids is 4. The lowest BCUT2D eigenvalue weighted by Gasteiger charge is -2.21. The number of phosphoric ester groups is 2. The number of aliphatic hydroxyl groups is 1. The number of hydrogen-bond acceptors (Lipinski definition) is 15. The molecule has 0 rings (SSSR count). The van der Waals surface area contributed by atoms with E-state index in [-0.39, 0.29) is 25.7 Å². The summed E-state index contributed by atoms with van der Waals surface area (Å²) in [6.07, 6.45) is 73.5. The fourth-order valence-corrected chi connectivity index (χ4v) is 15.7. The Kier molecular flexibility index (Phi) is 79.4. The van der Waals surface area contributed by atoms with Crippen molar-refractivity contribution in [3.8, 4) is 0 Å². The van der Waals surface area contributed by atoms with Crippen LogP contribution in [0.3, 0.4) is 0 Å². The van der Waals surface area contributed by atoms with Crippen LogP contribution < -0.4 is 0 Å². The summed E-state index contributed by atoms with van der Waals surface area (Å²) in [6.45, 7) is 12.1. The Morgan fingerprint density at radius 2 is 0.436 bits per heavy atom. The lowest BCUT2D eigenvalue weighted by molar-refractivity contribution is -0.161. The van der Waals surface area contributed by atoms with Crippen LogP contribution in [-0.4, -0.2) is 96.7 Å². The minimum Gasteiger partial charge on any atom is -0.462 e. The maximum Gasteiger partial charge on any atom is 0.472 e. The van der Waals surface area contributed by atoms with Crippen LogP contribution in [0.2, 0.25) is 0 Å². The lowest BCUT2D eigenvalue weighted by atomic mass is 9.99. The van der Waals surface area contributed by atoms with E-state index in [0.29, 0.717) is 25.7 Å². The van der Waals surface area contributed by atoms with E-state index in [4.69, 9.17) is 37.0 Å². The number of phosphoric acid groups is 2. The van der Waals surface area contributed by atoms with Gasteiger partial charge in [-0.2, -0.15) is 0 Å². The first-order chi connectivity index (χ1) is 53.3. The van der Waals surface area contributed by atoms with Gasteiger partial charge in [0.2, 0.25) is 0 Å². The number of esters is 4. The maximum absolute atomic E-state index is 13.2. The van der Waals surface area contributed by atoms with Crippen molar-refractivity contribution in [1.29, 1.82) is 0 Å². The molecule has 0 aliphatic heterocycles. The number of carbonyl (C=O) groups is 4. The third-order valence-electron chi connectivity index (χ3n) is 22.5. The van der Waals surface area contributed by atoms with Crippen molar-refractivity contribution in [3.05, 3.63) is 0 Å². The predicted octanol–water partition coefficient (Wildman–Crippen LogP) is 28.0. The zero-order valence-corrected chi connectivity index (χ0v) is 74.5. The molecule has 3 N–H and O–H groups in total. The highest BCUT2D eigenvalue weighted by Crippen LogP contribution is 2.45. The van der Waals surface area contributed by atoms with Crippen LogP contribution >= 0.6 is 15.6 Å². The Balaban J connectivity index is 5.26. The molecule has 110 heavy (non-hydrogen) atoms. The molecule has 0 aromatic rings. The SMILES string of the molecule is CCCCCCCCCCCCCCCCCCCCCCCCC(=O)O[C@H](COC(=O)CCCCCCCCCCCCCCCCC(C)CC)COP(=O)(O)OC[C@@H](O)COP(=O)(O)OC[C@@H](COC(=O)CCCCCCCCCCC(C)CC)OC(=O)CCCCCCCCCCCCCCCCC(C)CC. The number of ether oxygens (including phenoxy) is 4. The van der Waals surface area contributed by atoms with E-state index in [1.165, 1.54) is 295 Å². The van der Waals surface area contributed by atoms with E-state index < -0.39 is 97.5 Å². The zero-order valence-electron chi connectivity index (χ0n) is 72.7. The molecular formula is C91H178O17P2. The lowest BCUT2D eigenvalue weighted by Crippen LogP contribution is -2.30. The van der Waals surface area contributed by atoms with Crippen molar-refractivity contribution in [2.75, 3.05) is 39.6 Å². The monoisotopic (exact) mass is 1610 g/mol. The Bertz CT molecular complexity index is 2120. The van der Waals surface area contributed by atoms with Crippen LogP contribution in [0.25, 0.3) is 0 Å². The van der Waals surface area contributed by atoms with E-state index >= 15 is 0 Å². The second kappa shape index (κ2) is 80.8. The third-order valence-corrected chi connectivity index (χ3v) is 24.4. The molecule has 5 unspecified atom stereocenters. The van der Waals surface area contributed by atoms with Crippen LogP contribution in [0.5, 0.6) is 0 Å². The van der Waals surface area contributed by atoms with E-state index in [1.807, 2.05) is 0 Å². The standard InChI is InChI=1S/C91H178O17P2/c1-8-12-13-14-15-16-17-18-19-20-21-22-23-24-25-26-34-39-44-53-60-67-74-90(95)107-86(78-101-88(93)72-65-58-51-43-38-33-29-27-31-36-41-48-55-62-69-82(5)9-2)80-105-109(97,98)103-76-85(92)77-104-110(99,100)106-81-87(79-102-89(94)73-66-59-52-47-46-50-57-64-71-84(7)11-4)108-91(96)75-68-61-54-45-40-35-30-28-32-37-42-49-56-63-70-83(6)10-3/h82-87,92H,8-81H2,1-7H3,(H,97,98)(H,99,100)/t82?,83?,84?,85-,86-,87-/m1/s1. The van der Waals surface area contributed by atoms with Gasteiger partial charge < -0.3 is 33.8 Å². The highest BCUT2D eigenvalue weighted by Gasteiger charge is 2.31. The average Bonchev–Trinajstić information content (AvgIpc) is 0.900. The largest absolute Gasteiger partial charge is 0.472 e. The second-order valence-corrected chi connectivity index (χ2v) is 36.3. The Hall–Kier alpha value is -1.94. The molecular weight excluding hydrogens is 1430 g/mol. The van der Waals surface area contributed by atoms with Crippen LogP contribution in [0.4, 0.5) is 0 Å². The third kappa shape index (κ3) is 79.9. The molecule has 654 valence electrons. The van der Waals surface area contributed by atoms with Crippen molar-refractivity contribution in [2.45, 2.75) is 503 Å². The van der Waals surface area contributed by atoms with E-state index in [0.717, 1.165) is 108 Å². The molecule has 0 spiro atoms. The van der Waals surface area contributed by atoms with Gasteiger partial charge in [-0.25, -0.2) is 9.13 Å². The van der Waals surface area contributed by atoms with Crippen LogP contribution in [0.15, 0.2) is 0 Å². The summed E-state index contributed by atoms with van der Waals surface area (Å²) in [6, 6.07) is 0. The highest BCUT2D eigenvalue weighted by molar-refractivity contribution is 7.47. The fraction of sp³-hybridized carbons (Fsp3) is 0.956. The van der Waals surface area contributed by atoms with Crippen molar-refractivity contribution in [2.24, 2.45) is 17.8 Å². The fourth-order valence-electron chi connectivity index (χ4n) is 14.2. The minimum absolute atomic E-state index is 0.107. The summed E-state index contributed by atoms with van der Waals surface area (Å²) in [5.74, 6) is 0.374. The molecule has 0 radical (unpaired) electrons. The first kappa shape index (κ1) is 108. The first-order valence-corrected chi connectivity index (χ1v) is 50.0. The van der Waals surface area contributed by atoms with Gasteiger partial charge in [-0.1, -0.05) is 434 Å². The van der Waals surface area contributed by atoms with E-state index in [9.17, 15) is 43.2 Å². The van der Waals surface area contributed by atoms with Gasteiger partial charge in [0.25, 0.3) is 0 Å². The molecule has 0 amide bonds. The van der Waals surface area contributed by atoms with E-state index in [2.05, 4.69) is 48.5 Å². The molecule has 0 bridgehead atoms. The van der Waals surface area contributed by atoms with Crippen LogP contribution in [0.1, 0.15) is 485 Å². The molecule has 0 saturated heterocycles. The summed E-state index contributed by atoms with van der Waals surface area (Å²) < 4.78 is 69.1. The van der Waals surface area contributed by atoms with Gasteiger partial charge in [0.05, 0.1) is 26.4 Å². The van der Waals surface area contributed by atoms with Crippen LogP contribution in [-0.2, 0) is 65.4 Å². The molecule has 0 aromatic heterocycles. The Labute approximate surface area is 677 Å². The van der Waals surface area contributed by atoms with Gasteiger partial charge in [-0.3, -0.25) is 37.3 Å². The molecule has 0 saturated carbocycles. The molecule has 0 aliphatic rings. The summed E-state index contributed by atoms with van der Waals surface area (Å²) in [4.78, 5) is 73.4. The minimum atomic E-state index is -4.97. The topological polar surface area (TPSA) is 237 Å². The van der Waals surface area contributed by atoms with Gasteiger partial charge >= 0.3 is 39.5 Å². The van der Waals surface area contributed by atoms with E-state index in [1.54, 1.807) is 0 Å². The number of rotatable bonds is 89. The van der Waals surface area contributed by atoms with Crippen LogP contribution in [0, 0.1) is 17.8 Å². The molecule has 0 heterocycles. The van der Waals surface area contributed by atoms with Crippen molar-refractivity contribution >= 4 is 39.5 Å². The first-order valence-electron chi connectivity index (χ1n) is 47.0. The summed E-state index contributed by atoms with van der Waals surface area (Å²) in [5.41, 5.74) is 0. The summed E-state index contributed by atoms with van der Waals surface area (Å²) >= 11 is 0. The number of aliphatic hydroxyl groups excluding tert-OH is 1. The quantitative estimate of drug-likeness (QED) is 0.0222. The summed E-state index contributed by atoms with van der Waals surface area (Å²) in [5, 5.41) is 10.7. The van der Waals surface area contributed by atoms with Crippen molar-refractivity contribution < 1.29 is 80.2 Å². The van der Waals surface area contributed by atoms with Gasteiger partial charge in [-0.05, 0) is 43.4 Å². The van der Waals surface area contributed by atoms with Crippen molar-refractivity contribution in [1.82, 2.24) is 0 Å². The second-order valence-electron chi connectivity index (χ2n) is 33.4. The van der Waals surface area contributed by atoms with Gasteiger partial charge in [0, 0.05) is 25.7 Å². The number of hydrogen-bond donors (Lipinski definition) is 3. The molecule has 0 aromatic carbocycles. The molecule has 0 fully saturated rings. The Morgan fingerprint density at radius 1 is 0.255 bits per heavy atom. The van der Waals surface area contributed by atoms with Gasteiger partial charge in [0.1, 0.15) is 19.3 Å². The highest BCUT2D eigenvalue weighted by atomic mass is 31.2. The normalized spacial score (nSPS) is 14.5. The number of unbranched alkanes of at least 4 members (excludes halogenated alkanes) is 54. The van der Waals surface area contributed by atoms with Gasteiger partial charge in [-0.15, -0.1) is 0 Å².